The van der Waals surface area contributed by atoms with Crippen LogP contribution in [0.25, 0.3) is 0 Å². The van der Waals surface area contributed by atoms with E-state index in [1.165, 1.54) is 6.07 Å². The molecule has 6 heteroatoms. The summed E-state index contributed by atoms with van der Waals surface area (Å²) in [6.07, 6.45) is 6.09. The summed E-state index contributed by atoms with van der Waals surface area (Å²) in [6, 6.07) is 4.72. The summed E-state index contributed by atoms with van der Waals surface area (Å²) in [5.41, 5.74) is 5.93. The van der Waals surface area contributed by atoms with Gasteiger partial charge in [0.2, 0.25) is 0 Å². The highest BCUT2D eigenvalue weighted by Crippen LogP contribution is 2.23. The Labute approximate surface area is 110 Å². The van der Waals surface area contributed by atoms with Crippen molar-refractivity contribution in [1.29, 1.82) is 0 Å². The maximum atomic E-state index is 11.8. The quantitative estimate of drug-likeness (QED) is 0.424. The third-order valence-electron chi connectivity index (χ3n) is 2.75. The van der Waals surface area contributed by atoms with Crippen molar-refractivity contribution < 1.29 is 9.90 Å². The van der Waals surface area contributed by atoms with Gasteiger partial charge in [-0.3, -0.25) is 4.79 Å². The number of hydrogen-bond donors (Lipinski definition) is 3. The number of anilines is 1. The summed E-state index contributed by atoms with van der Waals surface area (Å²) < 4.78 is 1.93. The second kappa shape index (κ2) is 5.90. The lowest BCUT2D eigenvalue weighted by molar-refractivity contribution is 0.0950. The summed E-state index contributed by atoms with van der Waals surface area (Å²) in [6.45, 7) is 1.30. The summed E-state index contributed by atoms with van der Waals surface area (Å²) in [7, 11) is 0. The number of aromatic nitrogens is 2. The molecule has 100 valence electrons. The van der Waals surface area contributed by atoms with E-state index < -0.39 is 0 Å². The molecule has 0 aliphatic heterocycles. The number of imidazole rings is 1. The molecule has 1 amide bonds. The topological polar surface area (TPSA) is 93.2 Å². The summed E-state index contributed by atoms with van der Waals surface area (Å²) in [5.74, 6) is -0.495. The van der Waals surface area contributed by atoms with Gasteiger partial charge in [0.1, 0.15) is 0 Å². The molecule has 0 saturated heterocycles. The number of benzene rings is 1. The summed E-state index contributed by atoms with van der Waals surface area (Å²) in [5, 5.41) is 12.4. The zero-order chi connectivity index (χ0) is 13.7. The Balaban J connectivity index is 1.83. The first-order chi connectivity index (χ1) is 9.18. The van der Waals surface area contributed by atoms with E-state index in [9.17, 15) is 9.90 Å². The van der Waals surface area contributed by atoms with E-state index in [1.54, 1.807) is 24.7 Å². The monoisotopic (exact) mass is 260 g/mol. The van der Waals surface area contributed by atoms with E-state index in [4.69, 9.17) is 5.73 Å². The first-order valence-corrected chi connectivity index (χ1v) is 6.00. The lowest BCUT2D eigenvalue weighted by atomic mass is 10.1. The number of aromatic hydroxyl groups is 1. The number of nitrogens with two attached hydrogens (primary N) is 1. The Morgan fingerprint density at radius 1 is 1.47 bits per heavy atom. The minimum Gasteiger partial charge on any atom is -0.505 e. The molecular formula is C13H16N4O2. The molecule has 1 aromatic carbocycles. The van der Waals surface area contributed by atoms with Gasteiger partial charge < -0.3 is 20.7 Å². The van der Waals surface area contributed by atoms with E-state index in [2.05, 4.69) is 10.3 Å². The predicted molar refractivity (Wildman–Crippen MR) is 71.7 cm³/mol. The molecule has 0 aliphatic rings. The normalized spacial score (nSPS) is 10.3. The van der Waals surface area contributed by atoms with Gasteiger partial charge in [-0.2, -0.15) is 0 Å². The Bertz CT molecular complexity index is 552. The number of phenolic OH excluding ortho intramolecular Hbond substituents is 1. The van der Waals surface area contributed by atoms with Gasteiger partial charge in [-0.25, -0.2) is 4.98 Å². The maximum absolute atomic E-state index is 11.8. The zero-order valence-corrected chi connectivity index (χ0v) is 10.4. The van der Waals surface area contributed by atoms with Gasteiger partial charge in [-0.1, -0.05) is 6.07 Å². The second-order valence-corrected chi connectivity index (χ2v) is 4.15. The van der Waals surface area contributed by atoms with E-state index >= 15 is 0 Å². The number of phenols is 1. The number of aryl methyl sites for hydroxylation is 1. The van der Waals surface area contributed by atoms with Crippen molar-refractivity contribution in [2.45, 2.75) is 13.0 Å². The van der Waals surface area contributed by atoms with Crippen LogP contribution in [-0.2, 0) is 6.54 Å². The fraction of sp³-hybridized carbons (Fsp3) is 0.231. The number of nitrogens with one attached hydrogen (secondary N) is 1. The molecule has 0 fully saturated rings. The average Bonchev–Trinajstić information content (AvgIpc) is 2.91. The largest absolute Gasteiger partial charge is 0.505 e. The van der Waals surface area contributed by atoms with Gasteiger partial charge in [-0.15, -0.1) is 0 Å². The van der Waals surface area contributed by atoms with E-state index in [0.717, 1.165) is 13.0 Å². The highest BCUT2D eigenvalue weighted by Gasteiger charge is 2.11. The Kier molecular flexibility index (Phi) is 4.02. The van der Waals surface area contributed by atoms with Crippen molar-refractivity contribution in [3.05, 3.63) is 42.5 Å². The molecule has 0 saturated carbocycles. The molecule has 19 heavy (non-hydrogen) atoms. The molecule has 1 heterocycles. The molecule has 0 radical (unpaired) electrons. The second-order valence-electron chi connectivity index (χ2n) is 4.15. The number of carbonyl (C=O) groups excluding carboxylic acids is 1. The van der Waals surface area contributed by atoms with Crippen molar-refractivity contribution in [1.82, 2.24) is 14.9 Å². The van der Waals surface area contributed by atoms with Crippen LogP contribution in [0.2, 0.25) is 0 Å². The Hall–Kier alpha value is -2.50. The van der Waals surface area contributed by atoms with Crippen LogP contribution in [0.4, 0.5) is 5.69 Å². The van der Waals surface area contributed by atoms with Crippen molar-refractivity contribution in [2.75, 3.05) is 12.3 Å². The number of carbonyl (C=O) groups is 1. The third kappa shape index (κ3) is 3.25. The number of para-hydroxylation sites is 1. The maximum Gasteiger partial charge on any atom is 0.255 e. The van der Waals surface area contributed by atoms with Crippen LogP contribution < -0.4 is 11.1 Å². The van der Waals surface area contributed by atoms with Gasteiger partial charge in [0.15, 0.2) is 5.75 Å². The van der Waals surface area contributed by atoms with Gasteiger partial charge in [0.05, 0.1) is 17.6 Å². The summed E-state index contributed by atoms with van der Waals surface area (Å²) >= 11 is 0. The molecule has 2 aromatic rings. The minimum atomic E-state index is -0.324. The number of rotatable bonds is 5. The van der Waals surface area contributed by atoms with Gasteiger partial charge in [-0.05, 0) is 18.6 Å². The first kappa shape index (κ1) is 12.9. The molecule has 1 aromatic heterocycles. The van der Waals surface area contributed by atoms with E-state index in [0.29, 0.717) is 6.54 Å². The van der Waals surface area contributed by atoms with Crippen LogP contribution in [0.1, 0.15) is 16.8 Å². The molecule has 0 spiro atoms. The van der Waals surface area contributed by atoms with Crippen LogP contribution in [0.5, 0.6) is 5.75 Å². The average molecular weight is 260 g/mol. The van der Waals surface area contributed by atoms with Gasteiger partial charge in [0, 0.05) is 25.5 Å². The standard InChI is InChI=1S/C13H16N4O2/c14-11-4-1-3-10(12(11)18)13(19)16-5-2-7-17-8-6-15-9-17/h1,3-4,6,8-9,18H,2,5,7,14H2,(H,16,19). The summed E-state index contributed by atoms with van der Waals surface area (Å²) in [4.78, 5) is 15.8. The number of nitrogens with zero attached hydrogens (tertiary/aromatic N) is 2. The number of hydrogen-bond acceptors (Lipinski definition) is 4. The van der Waals surface area contributed by atoms with Gasteiger partial charge in [0.25, 0.3) is 5.91 Å². The molecule has 4 N–H and O–H groups in total. The van der Waals surface area contributed by atoms with Crippen LogP contribution >= 0.6 is 0 Å². The number of amides is 1. The lowest BCUT2D eigenvalue weighted by Gasteiger charge is -2.08. The zero-order valence-electron chi connectivity index (χ0n) is 10.4. The molecular weight excluding hydrogens is 244 g/mol. The molecule has 0 bridgehead atoms. The molecule has 2 rings (SSSR count). The smallest absolute Gasteiger partial charge is 0.255 e. The van der Waals surface area contributed by atoms with Crippen molar-refractivity contribution in [2.24, 2.45) is 0 Å². The number of nitrogen functional groups attached to an aromatic ring is 1. The van der Waals surface area contributed by atoms with Gasteiger partial charge >= 0.3 is 0 Å². The minimum absolute atomic E-state index is 0.172. The predicted octanol–water partition coefficient (Wildman–Crippen LogP) is 0.991. The molecule has 0 atom stereocenters. The highest BCUT2D eigenvalue weighted by atomic mass is 16.3. The van der Waals surface area contributed by atoms with Crippen molar-refractivity contribution in [3.63, 3.8) is 0 Å². The fourth-order valence-electron chi connectivity index (χ4n) is 1.72. The van der Waals surface area contributed by atoms with Crippen molar-refractivity contribution >= 4 is 11.6 Å². The Morgan fingerprint density at radius 2 is 2.32 bits per heavy atom. The van der Waals surface area contributed by atoms with Crippen LogP contribution in [0.15, 0.2) is 36.9 Å². The Morgan fingerprint density at radius 3 is 3.05 bits per heavy atom. The van der Waals surface area contributed by atoms with Crippen LogP contribution in [-0.4, -0.2) is 27.1 Å². The van der Waals surface area contributed by atoms with Crippen LogP contribution in [0.3, 0.4) is 0 Å². The van der Waals surface area contributed by atoms with Crippen LogP contribution in [0, 0.1) is 0 Å². The highest BCUT2D eigenvalue weighted by molar-refractivity contribution is 5.98. The molecule has 6 nitrogen and oxygen atoms in total. The SMILES string of the molecule is Nc1cccc(C(=O)NCCCn2ccnc2)c1O. The first-order valence-electron chi connectivity index (χ1n) is 6.00. The van der Waals surface area contributed by atoms with E-state index in [1.807, 2.05) is 10.8 Å². The fourth-order valence-corrected chi connectivity index (χ4v) is 1.72. The molecule has 0 aliphatic carbocycles. The third-order valence-corrected chi connectivity index (χ3v) is 2.75. The molecule has 0 unspecified atom stereocenters. The van der Waals surface area contributed by atoms with E-state index in [-0.39, 0.29) is 22.9 Å². The lowest BCUT2D eigenvalue weighted by Crippen LogP contribution is -2.25. The van der Waals surface area contributed by atoms with Crippen molar-refractivity contribution in [3.8, 4) is 5.75 Å².